The van der Waals surface area contributed by atoms with Crippen molar-refractivity contribution in [3.8, 4) is 12.3 Å². The molecule has 0 saturated carbocycles. The van der Waals surface area contributed by atoms with Gasteiger partial charge in [-0.1, -0.05) is 5.10 Å². The maximum atomic E-state index is 5.09. The van der Waals surface area contributed by atoms with Crippen LogP contribution in [0.1, 0.15) is 12.8 Å². The Balaban J connectivity index is 2.25. The van der Waals surface area contributed by atoms with E-state index < -0.39 is 0 Å². The first-order valence-corrected chi connectivity index (χ1v) is 3.74. The third-order valence-electron chi connectivity index (χ3n) is 1.40. The smallest absolute Gasteiger partial charge is 0.242 e. The van der Waals surface area contributed by atoms with Gasteiger partial charge in [0.25, 0.3) is 0 Å². The lowest BCUT2D eigenvalue weighted by molar-refractivity contribution is 0.711. The van der Waals surface area contributed by atoms with E-state index in [0.29, 0.717) is 5.95 Å². The van der Waals surface area contributed by atoms with Crippen molar-refractivity contribution in [1.82, 2.24) is 20.2 Å². The molecule has 0 bridgehead atoms. The zero-order chi connectivity index (χ0) is 8.81. The summed E-state index contributed by atoms with van der Waals surface area (Å²) >= 11 is 0. The van der Waals surface area contributed by atoms with Crippen molar-refractivity contribution in [2.45, 2.75) is 12.8 Å². The van der Waals surface area contributed by atoms with E-state index in [1.54, 1.807) is 11.7 Å². The number of unbranched alkanes of at least 4 members (excludes halogenated alkanes) is 1. The molecule has 0 unspecified atom stereocenters. The highest BCUT2D eigenvalue weighted by molar-refractivity contribution is 5.20. The Kier molecular flexibility index (Phi) is 3.08. The summed E-state index contributed by atoms with van der Waals surface area (Å²) in [6.07, 6.45) is 6.80. The molecule has 1 aromatic rings. The molecular weight excluding hydrogens is 154 g/mol. The van der Waals surface area contributed by atoms with E-state index in [9.17, 15) is 0 Å². The van der Waals surface area contributed by atoms with Gasteiger partial charge < -0.3 is 5.32 Å². The Bertz CT molecular complexity index is 272. The zero-order valence-electron chi connectivity index (χ0n) is 6.99. The van der Waals surface area contributed by atoms with Crippen LogP contribution in [0, 0.1) is 12.3 Å². The highest BCUT2D eigenvalue weighted by Gasteiger charge is 1.97. The van der Waals surface area contributed by atoms with Gasteiger partial charge in [0.05, 0.1) is 0 Å². The fourth-order valence-electron chi connectivity index (χ4n) is 0.770. The average molecular weight is 165 g/mol. The molecule has 0 spiro atoms. The van der Waals surface area contributed by atoms with Crippen LogP contribution >= 0.6 is 0 Å². The van der Waals surface area contributed by atoms with Gasteiger partial charge in [0.2, 0.25) is 5.95 Å². The van der Waals surface area contributed by atoms with Gasteiger partial charge in [-0.3, -0.25) is 0 Å². The maximum absolute atomic E-state index is 5.09. The Morgan fingerprint density at radius 3 is 3.08 bits per heavy atom. The standard InChI is InChI=1S/C7H11N5/c1-3-4-5-6-8-7-9-10-11-12(7)2/h1H,4-6H2,2H3,(H,8,9,11). The molecule has 0 atom stereocenters. The van der Waals surface area contributed by atoms with Crippen LogP contribution in [0.5, 0.6) is 0 Å². The Morgan fingerprint density at radius 1 is 1.67 bits per heavy atom. The number of anilines is 1. The van der Waals surface area contributed by atoms with E-state index in [1.165, 1.54) is 0 Å². The number of hydrogen-bond donors (Lipinski definition) is 1. The van der Waals surface area contributed by atoms with Gasteiger partial charge in [-0.2, -0.15) is 0 Å². The second-order valence-corrected chi connectivity index (χ2v) is 2.36. The van der Waals surface area contributed by atoms with Crippen molar-refractivity contribution in [3.05, 3.63) is 0 Å². The largest absolute Gasteiger partial charge is 0.353 e. The molecule has 5 nitrogen and oxygen atoms in total. The Labute approximate surface area is 71.2 Å². The minimum Gasteiger partial charge on any atom is -0.353 e. The predicted molar refractivity (Wildman–Crippen MR) is 45.4 cm³/mol. The molecule has 12 heavy (non-hydrogen) atoms. The summed E-state index contributed by atoms with van der Waals surface area (Å²) in [5, 5.41) is 14.0. The molecule has 0 saturated heterocycles. The third kappa shape index (κ3) is 2.23. The van der Waals surface area contributed by atoms with Crippen molar-refractivity contribution >= 4 is 5.95 Å². The van der Waals surface area contributed by atoms with Gasteiger partial charge in [0, 0.05) is 20.0 Å². The first-order valence-electron chi connectivity index (χ1n) is 3.74. The van der Waals surface area contributed by atoms with Crippen molar-refractivity contribution < 1.29 is 0 Å². The fraction of sp³-hybridized carbons (Fsp3) is 0.571. The minimum atomic E-state index is 0.673. The molecular formula is C7H11N5. The quantitative estimate of drug-likeness (QED) is 0.505. The molecule has 5 heteroatoms. The van der Waals surface area contributed by atoms with Gasteiger partial charge in [0.15, 0.2) is 0 Å². The number of nitrogens with zero attached hydrogens (tertiary/aromatic N) is 4. The van der Waals surface area contributed by atoms with Crippen LogP contribution in [0.15, 0.2) is 0 Å². The van der Waals surface area contributed by atoms with Crippen molar-refractivity contribution in [2.24, 2.45) is 7.05 Å². The second-order valence-electron chi connectivity index (χ2n) is 2.36. The summed E-state index contributed by atoms with van der Waals surface area (Å²) in [7, 11) is 1.78. The summed E-state index contributed by atoms with van der Waals surface area (Å²) in [5.41, 5.74) is 0. The van der Waals surface area contributed by atoms with E-state index >= 15 is 0 Å². The molecule has 0 radical (unpaired) electrons. The van der Waals surface area contributed by atoms with Crippen molar-refractivity contribution in [3.63, 3.8) is 0 Å². The molecule has 1 rings (SSSR count). The molecule has 0 aliphatic rings. The van der Waals surface area contributed by atoms with E-state index in [0.717, 1.165) is 19.4 Å². The molecule has 0 aliphatic heterocycles. The van der Waals surface area contributed by atoms with E-state index in [4.69, 9.17) is 6.42 Å². The van der Waals surface area contributed by atoms with E-state index in [-0.39, 0.29) is 0 Å². The number of nitrogens with one attached hydrogen (secondary N) is 1. The average Bonchev–Trinajstić information content (AvgIpc) is 2.46. The third-order valence-corrected chi connectivity index (χ3v) is 1.40. The minimum absolute atomic E-state index is 0.673. The van der Waals surface area contributed by atoms with Gasteiger partial charge in [-0.05, 0) is 16.8 Å². The van der Waals surface area contributed by atoms with Gasteiger partial charge in [-0.15, -0.1) is 12.3 Å². The van der Waals surface area contributed by atoms with E-state index in [2.05, 4.69) is 26.8 Å². The molecule has 0 aromatic carbocycles. The molecule has 1 aromatic heterocycles. The van der Waals surface area contributed by atoms with E-state index in [1.807, 2.05) is 0 Å². The number of terminal acetylenes is 1. The zero-order valence-corrected chi connectivity index (χ0v) is 6.99. The SMILES string of the molecule is C#CCCCNc1nnnn1C. The number of hydrogen-bond acceptors (Lipinski definition) is 4. The number of rotatable bonds is 4. The first-order chi connectivity index (χ1) is 5.84. The normalized spacial score (nSPS) is 9.33. The highest BCUT2D eigenvalue weighted by atomic mass is 15.6. The molecule has 64 valence electrons. The topological polar surface area (TPSA) is 55.6 Å². The summed E-state index contributed by atoms with van der Waals surface area (Å²) in [5.74, 6) is 3.24. The lowest BCUT2D eigenvalue weighted by Crippen LogP contribution is -2.06. The summed E-state index contributed by atoms with van der Waals surface area (Å²) < 4.78 is 1.58. The highest BCUT2D eigenvalue weighted by Crippen LogP contribution is 1.96. The lowest BCUT2D eigenvalue weighted by Gasteiger charge is -2.00. The van der Waals surface area contributed by atoms with Crippen LogP contribution in [0.2, 0.25) is 0 Å². The lowest BCUT2D eigenvalue weighted by atomic mass is 10.3. The van der Waals surface area contributed by atoms with Crippen LogP contribution in [0.4, 0.5) is 5.95 Å². The first kappa shape index (κ1) is 8.53. The summed E-state index contributed by atoms with van der Waals surface area (Å²) in [4.78, 5) is 0. The molecule has 0 aliphatic carbocycles. The van der Waals surface area contributed by atoms with Crippen LogP contribution in [0.3, 0.4) is 0 Å². The van der Waals surface area contributed by atoms with Crippen molar-refractivity contribution in [1.29, 1.82) is 0 Å². The van der Waals surface area contributed by atoms with Crippen LogP contribution < -0.4 is 5.32 Å². The molecule has 1 heterocycles. The maximum Gasteiger partial charge on any atom is 0.242 e. The molecule has 0 amide bonds. The van der Waals surface area contributed by atoms with Gasteiger partial charge in [0.1, 0.15) is 0 Å². The van der Waals surface area contributed by atoms with Crippen LogP contribution in [-0.4, -0.2) is 26.8 Å². The predicted octanol–water partition coefficient (Wildman–Crippen LogP) is 0.0354. The number of tetrazole rings is 1. The van der Waals surface area contributed by atoms with Crippen LogP contribution in [-0.2, 0) is 7.05 Å². The molecule has 1 N–H and O–H groups in total. The van der Waals surface area contributed by atoms with Gasteiger partial charge >= 0.3 is 0 Å². The Morgan fingerprint density at radius 2 is 2.50 bits per heavy atom. The second kappa shape index (κ2) is 4.34. The Hall–Kier alpha value is -1.57. The monoisotopic (exact) mass is 165 g/mol. The summed E-state index contributed by atoms with van der Waals surface area (Å²) in [6, 6.07) is 0. The number of aryl methyl sites for hydroxylation is 1. The summed E-state index contributed by atoms with van der Waals surface area (Å²) in [6.45, 7) is 0.804. The van der Waals surface area contributed by atoms with Crippen LogP contribution in [0.25, 0.3) is 0 Å². The van der Waals surface area contributed by atoms with Gasteiger partial charge in [-0.25, -0.2) is 4.68 Å². The number of aromatic nitrogens is 4. The fourth-order valence-corrected chi connectivity index (χ4v) is 0.770. The van der Waals surface area contributed by atoms with Crippen molar-refractivity contribution in [2.75, 3.05) is 11.9 Å². The molecule has 0 fully saturated rings.